The minimum absolute atomic E-state index is 0. The molecule has 0 saturated heterocycles. The maximum atomic E-state index is 12.3. The standard InChI is InChI=1S/C19H20N2O4.ClH/c1-24-17(22)19(21,11-20)18(23)25-10-16-14-8-4-2-6-12(14)13-7-3-5-9-15(13)16;/h2-9,16H,10-11,20-21H2,1H3;1H. The Morgan fingerprint density at radius 2 is 1.50 bits per heavy atom. The Labute approximate surface area is 157 Å². The largest absolute Gasteiger partial charge is 0.467 e. The van der Waals surface area contributed by atoms with Crippen LogP contribution in [0.2, 0.25) is 0 Å². The van der Waals surface area contributed by atoms with E-state index < -0.39 is 24.0 Å². The highest BCUT2D eigenvalue weighted by molar-refractivity contribution is 6.05. The number of fused-ring (bicyclic) bond motifs is 3. The summed E-state index contributed by atoms with van der Waals surface area (Å²) in [5.74, 6) is -1.91. The number of carbonyl (C=O) groups excluding carboxylic acids is 2. The minimum Gasteiger partial charge on any atom is -0.467 e. The van der Waals surface area contributed by atoms with Gasteiger partial charge >= 0.3 is 11.9 Å². The van der Waals surface area contributed by atoms with Crippen molar-refractivity contribution in [2.24, 2.45) is 11.5 Å². The van der Waals surface area contributed by atoms with E-state index in [4.69, 9.17) is 16.2 Å². The normalized spacial score (nSPS) is 14.4. The summed E-state index contributed by atoms with van der Waals surface area (Å²) >= 11 is 0. The Hall–Kier alpha value is -2.41. The topological polar surface area (TPSA) is 105 Å². The van der Waals surface area contributed by atoms with Crippen molar-refractivity contribution in [2.75, 3.05) is 20.3 Å². The Bertz CT molecular complexity index is 781. The molecule has 1 aliphatic rings. The van der Waals surface area contributed by atoms with Gasteiger partial charge in [0.05, 0.1) is 7.11 Å². The third kappa shape index (κ3) is 3.19. The highest BCUT2D eigenvalue weighted by Gasteiger charge is 2.44. The van der Waals surface area contributed by atoms with Crippen LogP contribution in [0.15, 0.2) is 48.5 Å². The fourth-order valence-electron chi connectivity index (χ4n) is 3.16. The lowest BCUT2D eigenvalue weighted by atomic mass is 9.97. The van der Waals surface area contributed by atoms with Gasteiger partial charge < -0.3 is 20.9 Å². The second-order valence-corrected chi connectivity index (χ2v) is 5.99. The van der Waals surface area contributed by atoms with Crippen molar-refractivity contribution in [3.05, 3.63) is 59.7 Å². The second-order valence-electron chi connectivity index (χ2n) is 5.99. The summed E-state index contributed by atoms with van der Waals surface area (Å²) in [6.45, 7) is -0.320. The first kappa shape index (κ1) is 19.9. The van der Waals surface area contributed by atoms with Gasteiger partial charge in [-0.1, -0.05) is 48.5 Å². The van der Waals surface area contributed by atoms with Gasteiger partial charge in [0.1, 0.15) is 6.61 Å². The van der Waals surface area contributed by atoms with Gasteiger partial charge in [-0.2, -0.15) is 0 Å². The van der Waals surface area contributed by atoms with E-state index in [2.05, 4.69) is 4.74 Å². The van der Waals surface area contributed by atoms with Gasteiger partial charge in [-0.25, -0.2) is 9.59 Å². The van der Waals surface area contributed by atoms with Gasteiger partial charge in [-0.15, -0.1) is 12.4 Å². The van der Waals surface area contributed by atoms with E-state index in [0.717, 1.165) is 29.4 Å². The number of esters is 2. The van der Waals surface area contributed by atoms with E-state index in [1.54, 1.807) is 0 Å². The van der Waals surface area contributed by atoms with E-state index in [-0.39, 0.29) is 24.9 Å². The molecule has 7 heteroatoms. The van der Waals surface area contributed by atoms with E-state index in [1.807, 2.05) is 48.5 Å². The fraction of sp³-hybridized carbons (Fsp3) is 0.263. The first-order valence-electron chi connectivity index (χ1n) is 7.95. The second kappa shape index (κ2) is 7.86. The third-order valence-electron chi connectivity index (χ3n) is 4.58. The molecule has 2 aromatic rings. The Morgan fingerprint density at radius 3 is 1.96 bits per heavy atom. The Morgan fingerprint density at radius 1 is 1.00 bits per heavy atom. The smallest absolute Gasteiger partial charge is 0.339 e. The first-order valence-corrected chi connectivity index (χ1v) is 7.95. The quantitative estimate of drug-likeness (QED) is 0.606. The highest BCUT2D eigenvalue weighted by atomic mass is 35.5. The molecule has 0 spiro atoms. The Balaban J connectivity index is 0.00000243. The van der Waals surface area contributed by atoms with Gasteiger partial charge in [-0.3, -0.25) is 0 Å². The SMILES string of the molecule is COC(=O)C(N)(CN)C(=O)OCC1c2ccccc2-c2ccccc21.Cl. The van der Waals surface area contributed by atoms with Crippen molar-refractivity contribution < 1.29 is 19.1 Å². The van der Waals surface area contributed by atoms with Gasteiger partial charge in [-0.05, 0) is 22.3 Å². The summed E-state index contributed by atoms with van der Waals surface area (Å²) in [7, 11) is 1.15. The predicted octanol–water partition coefficient (Wildman–Crippen LogP) is 1.59. The molecule has 0 aromatic heterocycles. The highest BCUT2D eigenvalue weighted by Crippen LogP contribution is 2.44. The van der Waals surface area contributed by atoms with Crippen molar-refractivity contribution in [1.29, 1.82) is 0 Å². The van der Waals surface area contributed by atoms with Gasteiger partial charge in [0.15, 0.2) is 0 Å². The lowest BCUT2D eigenvalue weighted by Gasteiger charge is -2.23. The molecule has 0 radical (unpaired) electrons. The van der Waals surface area contributed by atoms with Crippen LogP contribution >= 0.6 is 12.4 Å². The summed E-state index contributed by atoms with van der Waals surface area (Å²) in [4.78, 5) is 24.1. The average molecular weight is 377 g/mol. The zero-order valence-electron chi connectivity index (χ0n) is 14.3. The van der Waals surface area contributed by atoms with Gasteiger partial charge in [0.2, 0.25) is 5.54 Å². The summed E-state index contributed by atoms with van der Waals surface area (Å²) < 4.78 is 9.94. The molecule has 26 heavy (non-hydrogen) atoms. The van der Waals surface area contributed by atoms with Crippen LogP contribution in [0.1, 0.15) is 17.0 Å². The van der Waals surface area contributed by atoms with Crippen molar-refractivity contribution in [1.82, 2.24) is 0 Å². The van der Waals surface area contributed by atoms with Crippen molar-refractivity contribution in [3.63, 3.8) is 0 Å². The first-order chi connectivity index (χ1) is 12.0. The van der Waals surface area contributed by atoms with Gasteiger partial charge in [0.25, 0.3) is 0 Å². The molecule has 0 fully saturated rings. The molecule has 0 amide bonds. The average Bonchev–Trinajstić information content (AvgIpc) is 2.98. The number of nitrogens with two attached hydrogens (primary N) is 2. The number of methoxy groups -OCH3 is 1. The molecule has 0 bridgehead atoms. The van der Waals surface area contributed by atoms with Crippen molar-refractivity contribution in [3.8, 4) is 11.1 Å². The number of benzene rings is 2. The maximum Gasteiger partial charge on any atom is 0.339 e. The van der Waals surface area contributed by atoms with Crippen LogP contribution in [0, 0.1) is 0 Å². The number of rotatable bonds is 5. The zero-order valence-corrected chi connectivity index (χ0v) is 15.1. The third-order valence-corrected chi connectivity index (χ3v) is 4.58. The van der Waals surface area contributed by atoms with E-state index in [1.165, 1.54) is 0 Å². The van der Waals surface area contributed by atoms with Crippen molar-refractivity contribution in [2.45, 2.75) is 11.5 Å². The molecule has 4 N–H and O–H groups in total. The number of carbonyl (C=O) groups is 2. The molecule has 0 aliphatic heterocycles. The zero-order chi connectivity index (χ0) is 18.0. The minimum atomic E-state index is -1.99. The van der Waals surface area contributed by atoms with Crippen molar-refractivity contribution >= 4 is 24.3 Å². The number of hydrogen-bond donors (Lipinski definition) is 2. The molecule has 138 valence electrons. The van der Waals surface area contributed by atoms with Gasteiger partial charge in [0, 0.05) is 12.5 Å². The number of halogens is 1. The van der Waals surface area contributed by atoms with E-state index in [0.29, 0.717) is 0 Å². The molecule has 3 rings (SSSR count). The predicted molar refractivity (Wildman–Crippen MR) is 99.9 cm³/mol. The molecule has 1 unspecified atom stereocenters. The fourth-order valence-corrected chi connectivity index (χ4v) is 3.16. The van der Waals surface area contributed by atoms with E-state index in [9.17, 15) is 9.59 Å². The van der Waals surface area contributed by atoms with Crippen LogP contribution < -0.4 is 11.5 Å². The van der Waals surface area contributed by atoms with Crippen LogP contribution in [0.4, 0.5) is 0 Å². The Kier molecular flexibility index (Phi) is 6.02. The van der Waals surface area contributed by atoms with Crippen LogP contribution in [-0.2, 0) is 19.1 Å². The molecule has 0 heterocycles. The van der Waals surface area contributed by atoms with Crippen LogP contribution in [0.5, 0.6) is 0 Å². The molecule has 1 aliphatic carbocycles. The van der Waals surface area contributed by atoms with Crippen LogP contribution in [-0.4, -0.2) is 37.7 Å². The number of ether oxygens (including phenoxy) is 2. The maximum absolute atomic E-state index is 12.3. The number of hydrogen-bond acceptors (Lipinski definition) is 6. The molecule has 6 nitrogen and oxygen atoms in total. The summed E-state index contributed by atoms with van der Waals surface area (Å²) in [5.41, 5.74) is 13.7. The van der Waals surface area contributed by atoms with Crippen LogP contribution in [0.25, 0.3) is 11.1 Å². The van der Waals surface area contributed by atoms with Crippen LogP contribution in [0.3, 0.4) is 0 Å². The molecule has 1 atom stereocenters. The summed E-state index contributed by atoms with van der Waals surface area (Å²) in [6.07, 6.45) is 0. The molecule has 0 saturated carbocycles. The van der Waals surface area contributed by atoms with E-state index >= 15 is 0 Å². The molecular formula is C19H21ClN2O4. The summed E-state index contributed by atoms with van der Waals surface area (Å²) in [5, 5.41) is 0. The summed E-state index contributed by atoms with van der Waals surface area (Å²) in [6, 6.07) is 15.9. The lowest BCUT2D eigenvalue weighted by Crippen LogP contribution is -2.61. The molecule has 2 aromatic carbocycles. The monoisotopic (exact) mass is 376 g/mol. The molecular weight excluding hydrogens is 356 g/mol. The lowest BCUT2D eigenvalue weighted by molar-refractivity contribution is -0.162.